The molecule has 0 saturated carbocycles. The van der Waals surface area contributed by atoms with Crippen LogP contribution in [0.5, 0.6) is 0 Å². The summed E-state index contributed by atoms with van der Waals surface area (Å²) in [5, 5.41) is 5.57. The summed E-state index contributed by atoms with van der Waals surface area (Å²) in [7, 11) is 0. The van der Waals surface area contributed by atoms with Gasteiger partial charge in [-0.25, -0.2) is 8.78 Å². The van der Waals surface area contributed by atoms with E-state index in [1.54, 1.807) is 0 Å². The summed E-state index contributed by atoms with van der Waals surface area (Å²) >= 11 is 5.07. The van der Waals surface area contributed by atoms with Gasteiger partial charge in [0.1, 0.15) is 17.3 Å². The molecule has 2 rings (SSSR count). The van der Waals surface area contributed by atoms with Gasteiger partial charge in [0.2, 0.25) is 0 Å². The van der Waals surface area contributed by atoms with Crippen molar-refractivity contribution in [2.45, 2.75) is 19.8 Å². The van der Waals surface area contributed by atoms with E-state index in [-0.39, 0.29) is 10.8 Å². The molecule has 0 spiro atoms. The van der Waals surface area contributed by atoms with Crippen LogP contribution >= 0.6 is 12.2 Å². The maximum Gasteiger partial charge on any atom is 0.175 e. The van der Waals surface area contributed by atoms with Crippen LogP contribution in [-0.4, -0.2) is 5.11 Å². The Morgan fingerprint density at radius 3 is 2.05 bits per heavy atom. The number of rotatable bonds is 3. The maximum absolute atomic E-state index is 13.5. The first-order valence-electron chi connectivity index (χ1n) is 6.59. The fraction of sp³-hybridized carbons (Fsp3) is 0.188. The molecule has 5 heteroatoms. The zero-order chi connectivity index (χ0) is 15.4. The first kappa shape index (κ1) is 15.4. The second-order valence-corrected chi connectivity index (χ2v) is 5.36. The van der Waals surface area contributed by atoms with Crippen LogP contribution in [0.1, 0.15) is 25.3 Å². The zero-order valence-corrected chi connectivity index (χ0v) is 12.6. The molecule has 2 aromatic rings. The summed E-state index contributed by atoms with van der Waals surface area (Å²) in [6.45, 7) is 4.21. The number of hydrogen-bond donors (Lipinski definition) is 2. The summed E-state index contributed by atoms with van der Waals surface area (Å²) in [6.07, 6.45) is 0. The highest BCUT2D eigenvalue weighted by molar-refractivity contribution is 7.80. The number of hydrogen-bond acceptors (Lipinski definition) is 1. The van der Waals surface area contributed by atoms with Gasteiger partial charge in [0.25, 0.3) is 0 Å². The lowest BCUT2D eigenvalue weighted by Crippen LogP contribution is -2.20. The van der Waals surface area contributed by atoms with Crippen LogP contribution in [0.3, 0.4) is 0 Å². The second-order valence-electron chi connectivity index (χ2n) is 4.95. The lowest BCUT2D eigenvalue weighted by molar-refractivity contribution is 0.591. The van der Waals surface area contributed by atoms with Crippen molar-refractivity contribution in [2.24, 2.45) is 0 Å². The summed E-state index contributed by atoms with van der Waals surface area (Å²) in [5.74, 6) is -0.930. The molecule has 0 atom stereocenters. The van der Waals surface area contributed by atoms with Gasteiger partial charge < -0.3 is 10.6 Å². The van der Waals surface area contributed by atoms with Crippen LogP contribution in [0.4, 0.5) is 20.2 Å². The van der Waals surface area contributed by atoms with Gasteiger partial charge in [-0.3, -0.25) is 0 Å². The van der Waals surface area contributed by atoms with Gasteiger partial charge in [-0.15, -0.1) is 0 Å². The van der Waals surface area contributed by atoms with E-state index in [4.69, 9.17) is 12.2 Å². The molecule has 0 aromatic heterocycles. The molecule has 2 aromatic carbocycles. The minimum atomic E-state index is -0.686. The van der Waals surface area contributed by atoms with Gasteiger partial charge in [0, 0.05) is 5.69 Å². The molecular weight excluding hydrogens is 290 g/mol. The van der Waals surface area contributed by atoms with Crippen molar-refractivity contribution >= 4 is 28.7 Å². The van der Waals surface area contributed by atoms with Gasteiger partial charge in [-0.2, -0.15) is 0 Å². The van der Waals surface area contributed by atoms with E-state index in [0.717, 1.165) is 5.69 Å². The molecule has 0 bridgehead atoms. The Balaban J connectivity index is 2.05. The average molecular weight is 306 g/mol. The maximum atomic E-state index is 13.5. The highest BCUT2D eigenvalue weighted by atomic mass is 32.1. The van der Waals surface area contributed by atoms with E-state index in [0.29, 0.717) is 5.92 Å². The molecule has 2 N–H and O–H groups in total. The molecule has 0 amide bonds. The predicted octanol–water partition coefficient (Wildman–Crippen LogP) is 4.90. The van der Waals surface area contributed by atoms with Crippen molar-refractivity contribution in [3.05, 3.63) is 59.7 Å². The van der Waals surface area contributed by atoms with Crippen LogP contribution in [0.15, 0.2) is 42.5 Å². The number of nitrogens with one attached hydrogen (secondary N) is 2. The Morgan fingerprint density at radius 2 is 1.52 bits per heavy atom. The SMILES string of the molecule is CC(C)c1ccc(NC(=S)Nc2c(F)cccc2F)cc1. The molecule has 0 aliphatic carbocycles. The third-order valence-electron chi connectivity index (χ3n) is 3.04. The lowest BCUT2D eigenvalue weighted by atomic mass is 10.0. The van der Waals surface area contributed by atoms with E-state index in [1.807, 2.05) is 24.3 Å². The van der Waals surface area contributed by atoms with Crippen molar-refractivity contribution < 1.29 is 8.78 Å². The summed E-state index contributed by atoms with van der Waals surface area (Å²) in [4.78, 5) is 0. The lowest BCUT2D eigenvalue weighted by Gasteiger charge is -2.12. The fourth-order valence-electron chi connectivity index (χ4n) is 1.84. The molecular formula is C16H16F2N2S. The smallest absolute Gasteiger partial charge is 0.175 e. The van der Waals surface area contributed by atoms with Gasteiger partial charge in [-0.05, 0) is 48.0 Å². The molecule has 110 valence electrons. The van der Waals surface area contributed by atoms with E-state index in [2.05, 4.69) is 24.5 Å². The molecule has 0 heterocycles. The topological polar surface area (TPSA) is 24.1 Å². The normalized spacial score (nSPS) is 10.5. The van der Waals surface area contributed by atoms with Crippen LogP contribution in [0.2, 0.25) is 0 Å². The van der Waals surface area contributed by atoms with Crippen molar-refractivity contribution in [1.82, 2.24) is 0 Å². The summed E-state index contributed by atoms with van der Waals surface area (Å²) < 4.78 is 27.0. The summed E-state index contributed by atoms with van der Waals surface area (Å²) in [6, 6.07) is 11.4. The molecule has 0 aliphatic rings. The van der Waals surface area contributed by atoms with Crippen molar-refractivity contribution in [1.29, 1.82) is 0 Å². The van der Waals surface area contributed by atoms with Crippen LogP contribution in [0, 0.1) is 11.6 Å². The highest BCUT2D eigenvalue weighted by Gasteiger charge is 2.09. The first-order chi connectivity index (χ1) is 9.97. The number of halogens is 2. The van der Waals surface area contributed by atoms with E-state index >= 15 is 0 Å². The van der Waals surface area contributed by atoms with Crippen molar-refractivity contribution in [2.75, 3.05) is 10.6 Å². The number of thiocarbonyl (C=S) groups is 1. The van der Waals surface area contributed by atoms with Crippen molar-refractivity contribution in [3.8, 4) is 0 Å². The summed E-state index contributed by atoms with van der Waals surface area (Å²) in [5.41, 5.74) is 1.71. The second kappa shape index (κ2) is 6.63. The largest absolute Gasteiger partial charge is 0.332 e. The minimum Gasteiger partial charge on any atom is -0.332 e. The molecule has 0 radical (unpaired) electrons. The van der Waals surface area contributed by atoms with Crippen LogP contribution in [-0.2, 0) is 0 Å². The van der Waals surface area contributed by atoms with E-state index in [1.165, 1.54) is 23.8 Å². The third kappa shape index (κ3) is 3.98. The van der Waals surface area contributed by atoms with Gasteiger partial charge in [0.15, 0.2) is 5.11 Å². The first-order valence-corrected chi connectivity index (χ1v) is 7.00. The monoisotopic (exact) mass is 306 g/mol. The molecule has 0 aliphatic heterocycles. The highest BCUT2D eigenvalue weighted by Crippen LogP contribution is 2.20. The van der Waals surface area contributed by atoms with Gasteiger partial charge in [0.05, 0.1) is 0 Å². The number of benzene rings is 2. The minimum absolute atomic E-state index is 0.135. The Kier molecular flexibility index (Phi) is 4.85. The quantitative estimate of drug-likeness (QED) is 0.789. The predicted molar refractivity (Wildman–Crippen MR) is 86.7 cm³/mol. The third-order valence-corrected chi connectivity index (χ3v) is 3.24. The Morgan fingerprint density at radius 1 is 0.952 bits per heavy atom. The molecule has 0 fully saturated rings. The Labute approximate surface area is 128 Å². The molecule has 21 heavy (non-hydrogen) atoms. The number of anilines is 2. The molecule has 2 nitrogen and oxygen atoms in total. The molecule has 0 saturated heterocycles. The Bertz CT molecular complexity index is 619. The van der Waals surface area contributed by atoms with E-state index < -0.39 is 11.6 Å². The fourth-order valence-corrected chi connectivity index (χ4v) is 2.06. The molecule has 0 unspecified atom stereocenters. The van der Waals surface area contributed by atoms with Crippen LogP contribution in [0.25, 0.3) is 0 Å². The van der Waals surface area contributed by atoms with Gasteiger partial charge in [-0.1, -0.05) is 32.0 Å². The van der Waals surface area contributed by atoms with Gasteiger partial charge >= 0.3 is 0 Å². The van der Waals surface area contributed by atoms with Crippen molar-refractivity contribution in [3.63, 3.8) is 0 Å². The standard InChI is InChI=1S/C16H16F2N2S/c1-10(2)11-6-8-12(9-7-11)19-16(21)20-15-13(17)4-3-5-14(15)18/h3-10H,1-2H3,(H2,19,20,21). The van der Waals surface area contributed by atoms with Crippen LogP contribution < -0.4 is 10.6 Å². The van der Waals surface area contributed by atoms with E-state index in [9.17, 15) is 8.78 Å². The average Bonchev–Trinajstić information content (AvgIpc) is 2.43. The number of para-hydroxylation sites is 1. The Hall–Kier alpha value is -2.01. The zero-order valence-electron chi connectivity index (χ0n) is 11.8.